The molecular weight excluding hydrogens is 174 g/mol. The lowest BCUT2D eigenvalue weighted by Crippen LogP contribution is -2.13. The lowest BCUT2D eigenvalue weighted by Gasteiger charge is -2.19. The monoisotopic (exact) mass is 185 g/mol. The molecule has 70 valence electrons. The third kappa shape index (κ3) is 0.894. The molecule has 0 radical (unpaired) electrons. The van der Waals surface area contributed by atoms with Crippen LogP contribution in [-0.4, -0.2) is 11.5 Å². The zero-order valence-electron chi connectivity index (χ0n) is 7.75. The number of anilines is 2. The zero-order valence-corrected chi connectivity index (χ0v) is 7.75. The Balaban J connectivity index is 2.50. The minimum atomic E-state index is 0.824. The van der Waals surface area contributed by atoms with Crippen LogP contribution in [0.3, 0.4) is 0 Å². The molecule has 0 saturated carbocycles. The number of nitrogens with two attached hydrogens (primary N) is 1. The Labute approximate surface area is 81.9 Å². The van der Waals surface area contributed by atoms with Crippen LogP contribution in [0.2, 0.25) is 0 Å². The zero-order chi connectivity index (χ0) is 9.54. The van der Waals surface area contributed by atoms with E-state index in [-0.39, 0.29) is 0 Å². The number of nitrogen functional groups attached to an aromatic ring is 1. The van der Waals surface area contributed by atoms with E-state index in [1.165, 1.54) is 16.3 Å². The molecule has 0 bridgehead atoms. The van der Waals surface area contributed by atoms with Crippen molar-refractivity contribution in [3.05, 3.63) is 30.1 Å². The van der Waals surface area contributed by atoms with E-state index in [2.05, 4.69) is 10.3 Å². The maximum Gasteiger partial charge on any atom is 0.0657 e. The summed E-state index contributed by atoms with van der Waals surface area (Å²) in [6.07, 6.45) is 4.85. The number of rotatable bonds is 0. The maximum absolute atomic E-state index is 5.92. The molecule has 14 heavy (non-hydrogen) atoms. The first-order valence-corrected chi connectivity index (χ1v) is 4.75. The molecule has 1 aliphatic heterocycles. The van der Waals surface area contributed by atoms with E-state index in [0.717, 1.165) is 24.3 Å². The summed E-state index contributed by atoms with van der Waals surface area (Å²) in [7, 11) is 0. The highest BCUT2D eigenvalue weighted by Crippen LogP contribution is 2.34. The first kappa shape index (κ1) is 7.62. The molecule has 0 unspecified atom stereocenters. The largest absolute Gasteiger partial charge is 0.397 e. The van der Waals surface area contributed by atoms with Crippen LogP contribution in [-0.2, 0) is 6.42 Å². The van der Waals surface area contributed by atoms with Gasteiger partial charge in [0.05, 0.1) is 11.4 Å². The highest BCUT2D eigenvalue weighted by atomic mass is 14.9. The van der Waals surface area contributed by atoms with Crippen LogP contribution in [0.5, 0.6) is 0 Å². The van der Waals surface area contributed by atoms with Gasteiger partial charge < -0.3 is 11.1 Å². The predicted octanol–water partition coefficient (Wildman–Crippen LogP) is 1.78. The Morgan fingerprint density at radius 3 is 3.14 bits per heavy atom. The molecule has 1 aliphatic rings. The van der Waals surface area contributed by atoms with Crippen molar-refractivity contribution in [3.63, 3.8) is 0 Å². The molecular formula is C11H11N3. The van der Waals surface area contributed by atoms with Crippen molar-refractivity contribution in [2.45, 2.75) is 6.42 Å². The summed E-state index contributed by atoms with van der Waals surface area (Å²) < 4.78 is 0. The van der Waals surface area contributed by atoms with Gasteiger partial charge in [-0.1, -0.05) is 6.07 Å². The van der Waals surface area contributed by atoms with Crippen LogP contribution in [0.1, 0.15) is 5.56 Å². The van der Waals surface area contributed by atoms with Crippen molar-refractivity contribution in [2.24, 2.45) is 0 Å². The molecule has 1 aromatic heterocycles. The summed E-state index contributed by atoms with van der Waals surface area (Å²) in [5.41, 5.74) is 9.11. The van der Waals surface area contributed by atoms with Crippen molar-refractivity contribution in [1.82, 2.24) is 4.98 Å². The number of nitrogens with one attached hydrogen (secondary N) is 1. The molecule has 1 aromatic carbocycles. The summed E-state index contributed by atoms with van der Waals surface area (Å²) in [5.74, 6) is 0. The van der Waals surface area contributed by atoms with Gasteiger partial charge in [-0.3, -0.25) is 4.98 Å². The predicted molar refractivity (Wildman–Crippen MR) is 58.3 cm³/mol. The molecule has 0 saturated heterocycles. The van der Waals surface area contributed by atoms with E-state index >= 15 is 0 Å². The smallest absolute Gasteiger partial charge is 0.0657 e. The molecule has 0 fully saturated rings. The number of hydrogen-bond acceptors (Lipinski definition) is 3. The number of hydrogen-bond donors (Lipinski definition) is 2. The van der Waals surface area contributed by atoms with E-state index in [1.807, 2.05) is 24.5 Å². The highest BCUT2D eigenvalue weighted by Gasteiger charge is 2.13. The fraction of sp³-hybridized carbons (Fsp3) is 0.182. The second kappa shape index (κ2) is 2.61. The minimum Gasteiger partial charge on any atom is -0.397 e. The van der Waals surface area contributed by atoms with Crippen LogP contribution in [0.25, 0.3) is 10.8 Å². The van der Waals surface area contributed by atoms with E-state index < -0.39 is 0 Å². The van der Waals surface area contributed by atoms with Gasteiger partial charge in [0.2, 0.25) is 0 Å². The summed E-state index contributed by atoms with van der Waals surface area (Å²) in [6, 6.07) is 3.96. The van der Waals surface area contributed by atoms with E-state index in [4.69, 9.17) is 5.73 Å². The molecule has 2 heterocycles. The Bertz CT molecular complexity index is 505. The molecule has 3 nitrogen and oxygen atoms in total. The Kier molecular flexibility index (Phi) is 1.42. The fourth-order valence-corrected chi connectivity index (χ4v) is 2.06. The van der Waals surface area contributed by atoms with Gasteiger partial charge in [0.1, 0.15) is 0 Å². The molecule has 3 rings (SSSR count). The first-order valence-electron chi connectivity index (χ1n) is 4.75. The van der Waals surface area contributed by atoms with Gasteiger partial charge in [-0.25, -0.2) is 0 Å². The average molecular weight is 185 g/mol. The van der Waals surface area contributed by atoms with Gasteiger partial charge in [0.15, 0.2) is 0 Å². The Morgan fingerprint density at radius 2 is 2.21 bits per heavy atom. The lowest BCUT2D eigenvalue weighted by molar-refractivity contribution is 1.00. The van der Waals surface area contributed by atoms with Gasteiger partial charge in [0, 0.05) is 29.7 Å². The van der Waals surface area contributed by atoms with Crippen molar-refractivity contribution in [2.75, 3.05) is 17.6 Å². The van der Waals surface area contributed by atoms with Gasteiger partial charge in [-0.05, 0) is 18.1 Å². The molecule has 0 aliphatic carbocycles. The van der Waals surface area contributed by atoms with Crippen LogP contribution < -0.4 is 11.1 Å². The molecule has 0 amide bonds. The van der Waals surface area contributed by atoms with Gasteiger partial charge in [0.25, 0.3) is 0 Å². The lowest BCUT2D eigenvalue weighted by atomic mass is 9.99. The van der Waals surface area contributed by atoms with Crippen molar-refractivity contribution >= 4 is 22.1 Å². The average Bonchev–Trinajstić information content (AvgIpc) is 2.24. The Hall–Kier alpha value is -1.77. The topological polar surface area (TPSA) is 50.9 Å². The standard InChI is InChI=1S/C11H11N3/c12-9-2-1-7-5-13-6-8-3-4-14-11(9)10(7)8/h1-2,5-6,14H,3-4,12H2. The maximum atomic E-state index is 5.92. The summed E-state index contributed by atoms with van der Waals surface area (Å²) in [5, 5.41) is 5.75. The van der Waals surface area contributed by atoms with E-state index in [1.54, 1.807) is 0 Å². The summed E-state index contributed by atoms with van der Waals surface area (Å²) in [6.45, 7) is 0.946. The van der Waals surface area contributed by atoms with Crippen molar-refractivity contribution < 1.29 is 0 Å². The number of pyridine rings is 1. The Morgan fingerprint density at radius 1 is 1.29 bits per heavy atom. The molecule has 0 spiro atoms. The molecule has 3 N–H and O–H groups in total. The van der Waals surface area contributed by atoms with E-state index in [9.17, 15) is 0 Å². The molecule has 0 atom stereocenters. The molecule has 3 heteroatoms. The summed E-state index contributed by atoms with van der Waals surface area (Å²) >= 11 is 0. The second-order valence-corrected chi connectivity index (χ2v) is 3.60. The third-order valence-corrected chi connectivity index (χ3v) is 2.73. The van der Waals surface area contributed by atoms with Crippen molar-refractivity contribution in [3.8, 4) is 0 Å². The summed E-state index contributed by atoms with van der Waals surface area (Å²) in [4.78, 5) is 4.22. The number of benzene rings is 1. The SMILES string of the molecule is Nc1ccc2cncc3c2c1NCC3. The normalized spacial score (nSPS) is 14.0. The number of nitrogens with zero attached hydrogens (tertiary/aromatic N) is 1. The van der Waals surface area contributed by atoms with Crippen molar-refractivity contribution in [1.29, 1.82) is 0 Å². The van der Waals surface area contributed by atoms with Gasteiger partial charge in [-0.2, -0.15) is 0 Å². The highest BCUT2D eigenvalue weighted by molar-refractivity contribution is 6.02. The quantitative estimate of drug-likeness (QED) is 0.615. The van der Waals surface area contributed by atoms with Crippen LogP contribution in [0.15, 0.2) is 24.5 Å². The first-order chi connectivity index (χ1) is 6.86. The number of aromatic nitrogens is 1. The van der Waals surface area contributed by atoms with Crippen LogP contribution in [0.4, 0.5) is 11.4 Å². The fourth-order valence-electron chi connectivity index (χ4n) is 2.06. The second-order valence-electron chi connectivity index (χ2n) is 3.60. The van der Waals surface area contributed by atoms with E-state index in [0.29, 0.717) is 0 Å². The van der Waals surface area contributed by atoms with Gasteiger partial charge >= 0.3 is 0 Å². The van der Waals surface area contributed by atoms with Gasteiger partial charge in [-0.15, -0.1) is 0 Å². The minimum absolute atomic E-state index is 0.824. The molecule has 2 aromatic rings. The van der Waals surface area contributed by atoms with Crippen LogP contribution in [0, 0.1) is 0 Å². The third-order valence-electron chi connectivity index (χ3n) is 2.73. The van der Waals surface area contributed by atoms with Crippen LogP contribution >= 0.6 is 0 Å².